The summed E-state index contributed by atoms with van der Waals surface area (Å²) in [6.07, 6.45) is 3.78. The van der Waals surface area contributed by atoms with Gasteiger partial charge in [0.2, 0.25) is 10.0 Å². The number of nitrogens with one attached hydrogen (secondary N) is 1. The van der Waals surface area contributed by atoms with Crippen molar-refractivity contribution in [1.82, 2.24) is 14.5 Å². The molecule has 18 heavy (non-hydrogen) atoms. The normalized spacial score (nSPS) is 15.2. The summed E-state index contributed by atoms with van der Waals surface area (Å²) < 4.78 is 28.3. The molecule has 102 valence electrons. The van der Waals surface area contributed by atoms with Gasteiger partial charge in [-0.3, -0.25) is 4.68 Å². The van der Waals surface area contributed by atoms with E-state index in [9.17, 15) is 8.42 Å². The molecule has 0 bridgehead atoms. The van der Waals surface area contributed by atoms with E-state index in [-0.39, 0.29) is 11.0 Å². The molecule has 2 atom stereocenters. The molecule has 3 N–H and O–H groups in total. The first-order valence-corrected chi connectivity index (χ1v) is 7.60. The van der Waals surface area contributed by atoms with Crippen molar-refractivity contribution in [3.63, 3.8) is 0 Å². The molecule has 8 heteroatoms. The van der Waals surface area contributed by atoms with Crippen LogP contribution in [0.1, 0.15) is 20.3 Å². The third-order valence-electron chi connectivity index (χ3n) is 2.45. The fraction of sp³-hybridized carbons (Fsp3) is 0.600. The Morgan fingerprint density at radius 1 is 1.61 bits per heavy atom. The monoisotopic (exact) mass is 290 g/mol. The maximum Gasteiger partial charge on any atom is 0.221 e. The second kappa shape index (κ2) is 6.26. The molecule has 1 rings (SSSR count). The number of rotatable bonds is 7. The van der Waals surface area contributed by atoms with Crippen LogP contribution in [0.2, 0.25) is 0 Å². The zero-order valence-corrected chi connectivity index (χ0v) is 12.0. The lowest BCUT2D eigenvalue weighted by molar-refractivity contribution is 0.491. The Balaban J connectivity index is 2.67. The van der Waals surface area contributed by atoms with Crippen molar-refractivity contribution >= 4 is 27.2 Å². The molecular weight excluding hydrogens is 272 g/mol. The van der Waals surface area contributed by atoms with Crippen LogP contribution >= 0.6 is 12.2 Å². The Bertz CT molecular complexity index is 484. The van der Waals surface area contributed by atoms with Crippen LogP contribution in [0.25, 0.3) is 0 Å². The minimum absolute atomic E-state index is 0.00344. The largest absolute Gasteiger partial charge is 0.392 e. The maximum absolute atomic E-state index is 12.0. The van der Waals surface area contributed by atoms with Crippen molar-refractivity contribution in [2.45, 2.75) is 38.1 Å². The minimum atomic E-state index is -3.53. The van der Waals surface area contributed by atoms with E-state index in [1.807, 2.05) is 0 Å². The number of aromatic nitrogens is 2. The van der Waals surface area contributed by atoms with Gasteiger partial charge in [-0.15, -0.1) is 0 Å². The van der Waals surface area contributed by atoms with Gasteiger partial charge in [0.25, 0.3) is 0 Å². The SMILES string of the molecule is CCC(C(N)=S)S(=O)(=O)NC(C)Cn1cccn1. The van der Waals surface area contributed by atoms with Gasteiger partial charge in [0, 0.05) is 18.4 Å². The van der Waals surface area contributed by atoms with Gasteiger partial charge in [-0.25, -0.2) is 13.1 Å². The van der Waals surface area contributed by atoms with Gasteiger partial charge in [-0.2, -0.15) is 5.10 Å². The second-order valence-corrected chi connectivity index (χ2v) is 6.46. The molecule has 2 unspecified atom stereocenters. The molecule has 1 aromatic heterocycles. The zero-order valence-electron chi connectivity index (χ0n) is 10.4. The number of nitrogens with zero attached hydrogens (tertiary/aromatic N) is 2. The van der Waals surface area contributed by atoms with Gasteiger partial charge in [-0.05, 0) is 19.4 Å². The molecule has 1 aromatic rings. The summed E-state index contributed by atoms with van der Waals surface area (Å²) >= 11 is 4.77. The van der Waals surface area contributed by atoms with E-state index < -0.39 is 15.3 Å². The van der Waals surface area contributed by atoms with Crippen LogP contribution < -0.4 is 10.5 Å². The first kappa shape index (κ1) is 15.1. The molecule has 6 nitrogen and oxygen atoms in total. The maximum atomic E-state index is 12.0. The number of hydrogen-bond donors (Lipinski definition) is 2. The average molecular weight is 290 g/mol. The Labute approximate surface area is 113 Å². The minimum Gasteiger partial charge on any atom is -0.392 e. The van der Waals surface area contributed by atoms with Gasteiger partial charge in [-0.1, -0.05) is 19.1 Å². The summed E-state index contributed by atoms with van der Waals surface area (Å²) in [7, 11) is -3.53. The van der Waals surface area contributed by atoms with Gasteiger partial charge in [0.05, 0.1) is 11.5 Å². The van der Waals surface area contributed by atoms with Crippen LogP contribution in [0.4, 0.5) is 0 Å². The standard InChI is InChI=1S/C10H18N4O2S2/c1-3-9(10(11)17)18(15,16)13-8(2)7-14-6-4-5-12-14/h4-6,8-9,13H,3,7H2,1-2H3,(H2,11,17). The Morgan fingerprint density at radius 3 is 2.72 bits per heavy atom. The summed E-state index contributed by atoms with van der Waals surface area (Å²) in [4.78, 5) is -0.00344. The highest BCUT2D eigenvalue weighted by atomic mass is 32.2. The van der Waals surface area contributed by atoms with Crippen LogP contribution in [0.5, 0.6) is 0 Å². The molecule has 0 aliphatic heterocycles. The summed E-state index contributed by atoms with van der Waals surface area (Å²) in [5.74, 6) is 0. The van der Waals surface area contributed by atoms with E-state index in [1.54, 1.807) is 37.0 Å². The van der Waals surface area contributed by atoms with Crippen molar-refractivity contribution < 1.29 is 8.42 Å². The highest BCUT2D eigenvalue weighted by Crippen LogP contribution is 2.06. The van der Waals surface area contributed by atoms with Gasteiger partial charge in [0.15, 0.2) is 0 Å². The van der Waals surface area contributed by atoms with Gasteiger partial charge < -0.3 is 5.73 Å². The molecule has 1 heterocycles. The molecule has 0 aromatic carbocycles. The predicted octanol–water partition coefficient (Wildman–Crippen LogP) is 0.256. The van der Waals surface area contributed by atoms with E-state index >= 15 is 0 Å². The highest BCUT2D eigenvalue weighted by molar-refractivity contribution is 7.93. The number of sulfonamides is 1. The van der Waals surface area contributed by atoms with Crippen LogP contribution in [-0.4, -0.2) is 34.5 Å². The number of hydrogen-bond acceptors (Lipinski definition) is 4. The van der Waals surface area contributed by atoms with Crippen molar-refractivity contribution in [3.05, 3.63) is 18.5 Å². The number of thiocarbonyl (C=S) groups is 1. The molecule has 0 saturated carbocycles. The van der Waals surface area contributed by atoms with Crippen molar-refractivity contribution in [2.24, 2.45) is 5.73 Å². The molecule has 0 amide bonds. The van der Waals surface area contributed by atoms with Crippen LogP contribution in [0.3, 0.4) is 0 Å². The fourth-order valence-corrected chi connectivity index (χ4v) is 3.75. The summed E-state index contributed by atoms with van der Waals surface area (Å²) in [5, 5.41) is 3.19. The first-order chi connectivity index (χ1) is 8.36. The van der Waals surface area contributed by atoms with E-state index in [4.69, 9.17) is 18.0 Å². The topological polar surface area (TPSA) is 90.0 Å². The third-order valence-corrected chi connectivity index (χ3v) is 4.95. The summed E-state index contributed by atoms with van der Waals surface area (Å²) in [5.41, 5.74) is 5.44. The lowest BCUT2D eigenvalue weighted by Crippen LogP contribution is -2.46. The zero-order chi connectivity index (χ0) is 13.8. The molecule has 0 saturated heterocycles. The molecular formula is C10H18N4O2S2. The summed E-state index contributed by atoms with van der Waals surface area (Å²) in [6, 6.07) is 1.50. The van der Waals surface area contributed by atoms with E-state index in [0.717, 1.165) is 0 Å². The third kappa shape index (κ3) is 4.04. The Hall–Kier alpha value is -0.990. The predicted molar refractivity (Wildman–Crippen MR) is 74.6 cm³/mol. The smallest absolute Gasteiger partial charge is 0.221 e. The van der Waals surface area contributed by atoms with Gasteiger partial charge in [0.1, 0.15) is 5.25 Å². The van der Waals surface area contributed by atoms with Crippen LogP contribution in [0.15, 0.2) is 18.5 Å². The van der Waals surface area contributed by atoms with Crippen LogP contribution in [0, 0.1) is 0 Å². The van der Waals surface area contributed by atoms with E-state index in [0.29, 0.717) is 13.0 Å². The second-order valence-electron chi connectivity index (χ2n) is 4.09. The first-order valence-electron chi connectivity index (χ1n) is 5.64. The lowest BCUT2D eigenvalue weighted by Gasteiger charge is -2.19. The molecule has 0 aliphatic rings. The Morgan fingerprint density at radius 2 is 2.28 bits per heavy atom. The molecule has 0 aliphatic carbocycles. The molecule has 0 spiro atoms. The van der Waals surface area contributed by atoms with Crippen LogP contribution in [-0.2, 0) is 16.6 Å². The molecule has 0 fully saturated rings. The fourth-order valence-electron chi connectivity index (χ4n) is 1.66. The van der Waals surface area contributed by atoms with Crippen molar-refractivity contribution in [1.29, 1.82) is 0 Å². The van der Waals surface area contributed by atoms with Crippen molar-refractivity contribution in [2.75, 3.05) is 0 Å². The van der Waals surface area contributed by atoms with E-state index in [1.165, 1.54) is 0 Å². The van der Waals surface area contributed by atoms with Gasteiger partial charge >= 0.3 is 0 Å². The number of nitrogens with two attached hydrogens (primary N) is 1. The lowest BCUT2D eigenvalue weighted by atomic mass is 10.3. The molecule has 0 radical (unpaired) electrons. The summed E-state index contributed by atoms with van der Waals surface area (Å²) in [6.45, 7) is 3.97. The highest BCUT2D eigenvalue weighted by Gasteiger charge is 2.27. The Kier molecular flexibility index (Phi) is 5.24. The average Bonchev–Trinajstić information content (AvgIpc) is 2.68. The van der Waals surface area contributed by atoms with E-state index in [2.05, 4.69) is 9.82 Å². The van der Waals surface area contributed by atoms with Crippen molar-refractivity contribution in [3.8, 4) is 0 Å². The quantitative estimate of drug-likeness (QED) is 0.703.